The summed E-state index contributed by atoms with van der Waals surface area (Å²) >= 11 is 0. The minimum Gasteiger partial charge on any atom is -0.378 e. The van der Waals surface area contributed by atoms with Gasteiger partial charge in [0.25, 0.3) is 0 Å². The average Bonchev–Trinajstić information content (AvgIpc) is 2.58. The molecule has 2 heterocycles. The number of sulfone groups is 1. The first-order valence-electron chi connectivity index (χ1n) is 6.25. The van der Waals surface area contributed by atoms with Crippen molar-refractivity contribution < 1.29 is 13.2 Å². The number of hydrogen-bond donors (Lipinski definition) is 1. The molecule has 0 amide bonds. The second kappa shape index (κ2) is 5.08. The zero-order valence-electron chi connectivity index (χ0n) is 10.4. The molecule has 2 aliphatic heterocycles. The van der Waals surface area contributed by atoms with E-state index in [2.05, 4.69) is 19.2 Å². The summed E-state index contributed by atoms with van der Waals surface area (Å²) in [5.74, 6) is 0.721. The molecule has 0 aromatic rings. The van der Waals surface area contributed by atoms with E-state index in [4.69, 9.17) is 4.74 Å². The molecule has 0 aliphatic carbocycles. The Bertz CT molecular complexity index is 389. The van der Waals surface area contributed by atoms with Crippen LogP contribution in [0.5, 0.6) is 0 Å². The van der Waals surface area contributed by atoms with Crippen LogP contribution in [0.25, 0.3) is 0 Å². The van der Waals surface area contributed by atoms with Gasteiger partial charge in [0.1, 0.15) is 0 Å². The normalized spacial score (nSPS) is 36.5. The van der Waals surface area contributed by atoms with Gasteiger partial charge in [-0.25, -0.2) is 8.42 Å². The average molecular weight is 259 g/mol. The van der Waals surface area contributed by atoms with Crippen molar-refractivity contribution in [1.29, 1.82) is 0 Å². The van der Waals surface area contributed by atoms with Crippen LogP contribution in [0.1, 0.15) is 26.7 Å². The minimum atomic E-state index is -2.95. The Kier molecular flexibility index (Phi) is 3.90. The Hall–Kier alpha value is -0.390. The molecule has 0 spiro atoms. The predicted octanol–water partition coefficient (Wildman–Crippen LogP) is 1.09. The summed E-state index contributed by atoms with van der Waals surface area (Å²) < 4.78 is 28.3. The van der Waals surface area contributed by atoms with Crippen molar-refractivity contribution in [3.8, 4) is 0 Å². The van der Waals surface area contributed by atoms with Crippen LogP contribution >= 0.6 is 0 Å². The number of nitrogens with one attached hydrogen (secondary N) is 1. The van der Waals surface area contributed by atoms with Crippen LogP contribution in [0.15, 0.2) is 11.5 Å². The van der Waals surface area contributed by atoms with Crippen LogP contribution in [-0.2, 0) is 14.6 Å². The summed E-state index contributed by atoms with van der Waals surface area (Å²) in [6.45, 7) is 5.09. The highest BCUT2D eigenvalue weighted by atomic mass is 32.2. The first-order chi connectivity index (χ1) is 7.96. The number of ether oxygens (including phenoxy) is 1. The summed E-state index contributed by atoms with van der Waals surface area (Å²) in [4.78, 5) is 0. The van der Waals surface area contributed by atoms with E-state index in [1.165, 1.54) is 5.41 Å². The zero-order valence-corrected chi connectivity index (χ0v) is 11.2. The molecule has 1 fully saturated rings. The van der Waals surface area contributed by atoms with Crippen molar-refractivity contribution in [1.82, 2.24) is 5.32 Å². The zero-order chi connectivity index (χ0) is 12.5. The third-order valence-electron chi connectivity index (χ3n) is 3.44. The standard InChI is InChI=1S/C12H21NO3S/c1-9(2)12-7-10(3-5-16-12)13-11-4-6-17(14,15)8-11/h4,6,9-13H,3,5,7-8H2,1-2H3. The van der Waals surface area contributed by atoms with E-state index in [-0.39, 0.29) is 11.8 Å². The lowest BCUT2D eigenvalue weighted by molar-refractivity contribution is -0.0249. The molecule has 0 aromatic carbocycles. The summed E-state index contributed by atoms with van der Waals surface area (Å²) in [6, 6.07) is 0.356. The highest BCUT2D eigenvalue weighted by Crippen LogP contribution is 2.21. The van der Waals surface area contributed by atoms with Crippen LogP contribution in [0, 0.1) is 5.92 Å². The van der Waals surface area contributed by atoms with Crippen LogP contribution in [0.3, 0.4) is 0 Å². The maximum atomic E-state index is 11.3. The second-order valence-electron chi connectivity index (χ2n) is 5.31. The van der Waals surface area contributed by atoms with Gasteiger partial charge in [0.05, 0.1) is 11.9 Å². The molecule has 2 rings (SSSR count). The molecule has 0 bridgehead atoms. The Morgan fingerprint density at radius 1 is 1.41 bits per heavy atom. The van der Waals surface area contributed by atoms with Crippen molar-refractivity contribution in [2.75, 3.05) is 12.4 Å². The summed E-state index contributed by atoms with van der Waals surface area (Å²) in [5.41, 5.74) is 0. The summed E-state index contributed by atoms with van der Waals surface area (Å²) in [7, 11) is -2.95. The van der Waals surface area contributed by atoms with Crippen molar-refractivity contribution in [3.63, 3.8) is 0 Å². The van der Waals surface area contributed by atoms with Crippen LogP contribution in [0.2, 0.25) is 0 Å². The fourth-order valence-electron chi connectivity index (χ4n) is 2.43. The number of rotatable bonds is 3. The first-order valence-corrected chi connectivity index (χ1v) is 7.96. The molecule has 3 atom stereocenters. The molecule has 4 nitrogen and oxygen atoms in total. The third kappa shape index (κ3) is 3.53. The predicted molar refractivity (Wildman–Crippen MR) is 67.5 cm³/mol. The lowest BCUT2D eigenvalue weighted by atomic mass is 9.95. The van der Waals surface area contributed by atoms with Gasteiger partial charge in [-0.2, -0.15) is 0 Å². The molecule has 2 aliphatic rings. The molecule has 98 valence electrons. The van der Waals surface area contributed by atoms with Gasteiger partial charge in [-0.3, -0.25) is 0 Å². The largest absolute Gasteiger partial charge is 0.378 e. The Morgan fingerprint density at radius 3 is 2.76 bits per heavy atom. The van der Waals surface area contributed by atoms with Gasteiger partial charge in [0.15, 0.2) is 9.84 Å². The molecule has 5 heteroatoms. The lowest BCUT2D eigenvalue weighted by Gasteiger charge is -2.33. The van der Waals surface area contributed by atoms with E-state index >= 15 is 0 Å². The van der Waals surface area contributed by atoms with E-state index in [9.17, 15) is 8.42 Å². The molecule has 0 aromatic heterocycles. The van der Waals surface area contributed by atoms with Crippen molar-refractivity contribution >= 4 is 9.84 Å². The van der Waals surface area contributed by atoms with E-state index < -0.39 is 9.84 Å². The molecule has 0 saturated carbocycles. The van der Waals surface area contributed by atoms with Crippen molar-refractivity contribution in [2.24, 2.45) is 5.92 Å². The van der Waals surface area contributed by atoms with Gasteiger partial charge >= 0.3 is 0 Å². The fourth-order valence-corrected chi connectivity index (χ4v) is 3.67. The smallest absolute Gasteiger partial charge is 0.173 e. The first kappa shape index (κ1) is 13.1. The van der Waals surface area contributed by atoms with Gasteiger partial charge in [0, 0.05) is 24.1 Å². The van der Waals surface area contributed by atoms with E-state index in [0.717, 1.165) is 19.4 Å². The summed E-state index contributed by atoms with van der Waals surface area (Å²) in [5, 5.41) is 4.74. The second-order valence-corrected chi connectivity index (χ2v) is 7.24. The lowest BCUT2D eigenvalue weighted by Crippen LogP contribution is -2.45. The maximum absolute atomic E-state index is 11.3. The molecule has 3 unspecified atom stereocenters. The molecule has 0 radical (unpaired) electrons. The van der Waals surface area contributed by atoms with E-state index in [1.54, 1.807) is 6.08 Å². The molecular formula is C12H21NO3S. The topological polar surface area (TPSA) is 55.4 Å². The molecular weight excluding hydrogens is 238 g/mol. The maximum Gasteiger partial charge on any atom is 0.173 e. The highest BCUT2D eigenvalue weighted by Gasteiger charge is 2.28. The Balaban J connectivity index is 1.86. The van der Waals surface area contributed by atoms with Gasteiger partial charge in [0.2, 0.25) is 0 Å². The van der Waals surface area contributed by atoms with Crippen LogP contribution < -0.4 is 5.32 Å². The van der Waals surface area contributed by atoms with Gasteiger partial charge < -0.3 is 10.1 Å². The van der Waals surface area contributed by atoms with Gasteiger partial charge in [-0.05, 0) is 18.8 Å². The Labute approximate surface area is 103 Å². The van der Waals surface area contributed by atoms with Crippen LogP contribution in [-0.4, -0.2) is 39.0 Å². The third-order valence-corrected chi connectivity index (χ3v) is 4.83. The quantitative estimate of drug-likeness (QED) is 0.824. The SMILES string of the molecule is CC(C)C1CC(NC2C=CS(=O)(=O)C2)CCO1. The highest BCUT2D eigenvalue weighted by molar-refractivity contribution is 7.94. The van der Waals surface area contributed by atoms with Gasteiger partial charge in [-0.1, -0.05) is 19.9 Å². The Morgan fingerprint density at radius 2 is 2.18 bits per heavy atom. The molecule has 1 N–H and O–H groups in total. The number of hydrogen-bond acceptors (Lipinski definition) is 4. The molecule has 1 saturated heterocycles. The minimum absolute atomic E-state index is 0.0177. The van der Waals surface area contributed by atoms with Crippen molar-refractivity contribution in [2.45, 2.75) is 44.9 Å². The van der Waals surface area contributed by atoms with Crippen molar-refractivity contribution in [3.05, 3.63) is 11.5 Å². The van der Waals surface area contributed by atoms with Gasteiger partial charge in [-0.15, -0.1) is 0 Å². The fraction of sp³-hybridized carbons (Fsp3) is 0.833. The monoisotopic (exact) mass is 259 g/mol. The van der Waals surface area contributed by atoms with E-state index in [1.807, 2.05) is 0 Å². The van der Waals surface area contributed by atoms with E-state index in [0.29, 0.717) is 18.1 Å². The molecule has 17 heavy (non-hydrogen) atoms. The summed E-state index contributed by atoms with van der Waals surface area (Å²) in [6.07, 6.45) is 3.99. The van der Waals surface area contributed by atoms with Crippen LogP contribution in [0.4, 0.5) is 0 Å².